The molecule has 0 spiro atoms. The first-order chi connectivity index (χ1) is 8.01. The van der Waals surface area contributed by atoms with Crippen LogP contribution in [0.5, 0.6) is 0 Å². The Morgan fingerprint density at radius 3 is 2.24 bits per heavy atom. The van der Waals surface area contributed by atoms with E-state index in [4.69, 9.17) is 4.98 Å². The van der Waals surface area contributed by atoms with E-state index in [-0.39, 0.29) is 5.54 Å². The monoisotopic (exact) mass is 231 g/mol. The topological polar surface area (TPSA) is 37.8 Å². The molecule has 1 aromatic rings. The predicted octanol–water partition coefficient (Wildman–Crippen LogP) is 3.44. The van der Waals surface area contributed by atoms with Gasteiger partial charge in [0.2, 0.25) is 0 Å². The van der Waals surface area contributed by atoms with Crippen LogP contribution in [0.15, 0.2) is 6.07 Å². The zero-order valence-corrected chi connectivity index (χ0v) is 11.0. The van der Waals surface area contributed by atoms with E-state index >= 15 is 0 Å². The van der Waals surface area contributed by atoms with Crippen molar-refractivity contribution in [3.8, 4) is 0 Å². The Bertz CT molecular complexity index is 395. The van der Waals surface area contributed by atoms with Crippen molar-refractivity contribution in [3.63, 3.8) is 0 Å². The molecule has 1 N–H and O–H groups in total. The minimum atomic E-state index is 0.0655. The summed E-state index contributed by atoms with van der Waals surface area (Å²) in [7, 11) is 0. The van der Waals surface area contributed by atoms with E-state index in [1.807, 2.05) is 0 Å². The standard InChI is InChI=1S/C14H21N3/c1-14(2,3)17-12-8-11(9-4-5-9)15-13(16-12)10-6-7-10/h8-10H,4-7H2,1-3H3,(H,15,16,17). The van der Waals surface area contributed by atoms with Crippen LogP contribution >= 0.6 is 0 Å². The first-order valence-electron chi connectivity index (χ1n) is 6.68. The Morgan fingerprint density at radius 1 is 1.06 bits per heavy atom. The van der Waals surface area contributed by atoms with Crippen LogP contribution < -0.4 is 5.32 Å². The van der Waals surface area contributed by atoms with Crippen LogP contribution in [0.2, 0.25) is 0 Å². The number of aromatic nitrogens is 2. The fourth-order valence-corrected chi connectivity index (χ4v) is 2.05. The molecule has 17 heavy (non-hydrogen) atoms. The molecule has 1 aromatic heterocycles. The molecule has 2 aliphatic rings. The SMILES string of the molecule is CC(C)(C)Nc1cc(C2CC2)nc(C2CC2)n1. The molecule has 0 amide bonds. The largest absolute Gasteiger partial charge is 0.365 e. The van der Waals surface area contributed by atoms with Gasteiger partial charge in [0.15, 0.2) is 0 Å². The predicted molar refractivity (Wildman–Crippen MR) is 69.4 cm³/mol. The molecule has 0 bridgehead atoms. The fraction of sp³-hybridized carbons (Fsp3) is 0.714. The van der Waals surface area contributed by atoms with Crippen molar-refractivity contribution in [2.45, 2.75) is 63.8 Å². The number of rotatable bonds is 3. The van der Waals surface area contributed by atoms with Gasteiger partial charge in [-0.25, -0.2) is 9.97 Å². The lowest BCUT2D eigenvalue weighted by Crippen LogP contribution is -2.27. The average Bonchev–Trinajstić information content (AvgIpc) is 3.08. The summed E-state index contributed by atoms with van der Waals surface area (Å²) in [5.74, 6) is 3.42. The molecule has 2 fully saturated rings. The molecule has 92 valence electrons. The van der Waals surface area contributed by atoms with E-state index in [1.54, 1.807) is 0 Å². The van der Waals surface area contributed by atoms with Gasteiger partial charge >= 0.3 is 0 Å². The number of nitrogens with one attached hydrogen (secondary N) is 1. The van der Waals surface area contributed by atoms with Gasteiger partial charge < -0.3 is 5.32 Å². The Kier molecular flexibility index (Phi) is 2.39. The molecule has 0 saturated heterocycles. The van der Waals surface area contributed by atoms with Crippen molar-refractivity contribution < 1.29 is 0 Å². The highest BCUT2D eigenvalue weighted by Gasteiger charge is 2.31. The number of nitrogens with zero attached hydrogens (tertiary/aromatic N) is 2. The molecule has 2 saturated carbocycles. The summed E-state index contributed by atoms with van der Waals surface area (Å²) in [5, 5.41) is 3.48. The smallest absolute Gasteiger partial charge is 0.134 e. The lowest BCUT2D eigenvalue weighted by atomic mass is 10.1. The molecular weight excluding hydrogens is 210 g/mol. The second-order valence-electron chi connectivity index (χ2n) is 6.46. The molecule has 3 nitrogen and oxygen atoms in total. The number of anilines is 1. The van der Waals surface area contributed by atoms with Crippen LogP contribution in [0.1, 0.15) is 69.8 Å². The van der Waals surface area contributed by atoms with Gasteiger partial charge in [-0.2, -0.15) is 0 Å². The fourth-order valence-electron chi connectivity index (χ4n) is 2.05. The maximum Gasteiger partial charge on any atom is 0.134 e. The lowest BCUT2D eigenvalue weighted by molar-refractivity contribution is 0.628. The van der Waals surface area contributed by atoms with Crippen LogP contribution in [-0.2, 0) is 0 Å². The third-order valence-corrected chi connectivity index (χ3v) is 3.20. The first-order valence-corrected chi connectivity index (χ1v) is 6.68. The summed E-state index contributed by atoms with van der Waals surface area (Å²) in [6.45, 7) is 6.51. The van der Waals surface area contributed by atoms with Gasteiger partial charge in [-0.05, 0) is 46.5 Å². The van der Waals surface area contributed by atoms with E-state index in [0.29, 0.717) is 11.8 Å². The van der Waals surface area contributed by atoms with Gasteiger partial charge in [-0.15, -0.1) is 0 Å². The third-order valence-electron chi connectivity index (χ3n) is 3.20. The minimum absolute atomic E-state index is 0.0655. The van der Waals surface area contributed by atoms with Gasteiger partial charge in [-0.3, -0.25) is 0 Å². The molecular formula is C14H21N3. The highest BCUT2D eigenvalue weighted by molar-refractivity contribution is 5.41. The highest BCUT2D eigenvalue weighted by atomic mass is 15.1. The molecule has 1 heterocycles. The van der Waals surface area contributed by atoms with Crippen LogP contribution in [0.25, 0.3) is 0 Å². The zero-order valence-electron chi connectivity index (χ0n) is 11.0. The van der Waals surface area contributed by atoms with E-state index in [1.165, 1.54) is 31.4 Å². The number of hydrogen-bond acceptors (Lipinski definition) is 3. The minimum Gasteiger partial charge on any atom is -0.365 e. The van der Waals surface area contributed by atoms with Gasteiger partial charge in [0, 0.05) is 29.1 Å². The molecule has 0 aliphatic heterocycles. The quantitative estimate of drug-likeness (QED) is 0.866. The second-order valence-corrected chi connectivity index (χ2v) is 6.46. The lowest BCUT2D eigenvalue weighted by Gasteiger charge is -2.22. The maximum atomic E-state index is 4.74. The summed E-state index contributed by atoms with van der Waals surface area (Å²) >= 11 is 0. The normalized spacial score (nSPS) is 20.4. The number of hydrogen-bond donors (Lipinski definition) is 1. The van der Waals surface area contributed by atoms with Crippen molar-refractivity contribution in [1.29, 1.82) is 0 Å². The van der Waals surface area contributed by atoms with Crippen LogP contribution in [0.4, 0.5) is 5.82 Å². The third kappa shape index (κ3) is 2.76. The average molecular weight is 231 g/mol. The molecule has 0 radical (unpaired) electrons. The van der Waals surface area contributed by atoms with Crippen LogP contribution in [0, 0.1) is 0 Å². The van der Waals surface area contributed by atoms with Crippen LogP contribution in [-0.4, -0.2) is 15.5 Å². The van der Waals surface area contributed by atoms with E-state index in [0.717, 1.165) is 11.6 Å². The summed E-state index contributed by atoms with van der Waals surface area (Å²) in [6, 6.07) is 2.15. The van der Waals surface area contributed by atoms with Crippen molar-refractivity contribution in [2.75, 3.05) is 5.32 Å². The van der Waals surface area contributed by atoms with Gasteiger partial charge in [-0.1, -0.05) is 0 Å². The Labute approximate surface area is 103 Å². The molecule has 2 aliphatic carbocycles. The summed E-state index contributed by atoms with van der Waals surface area (Å²) in [5.41, 5.74) is 1.32. The van der Waals surface area contributed by atoms with Gasteiger partial charge in [0.25, 0.3) is 0 Å². The summed E-state index contributed by atoms with van der Waals surface area (Å²) in [4.78, 5) is 9.41. The summed E-state index contributed by atoms with van der Waals surface area (Å²) < 4.78 is 0. The summed E-state index contributed by atoms with van der Waals surface area (Å²) in [6.07, 6.45) is 5.14. The molecule has 0 unspecified atom stereocenters. The highest BCUT2D eigenvalue weighted by Crippen LogP contribution is 2.43. The maximum absolute atomic E-state index is 4.74. The zero-order chi connectivity index (χ0) is 12.0. The Morgan fingerprint density at radius 2 is 1.71 bits per heavy atom. The Hall–Kier alpha value is -1.12. The Balaban J connectivity index is 1.90. The van der Waals surface area contributed by atoms with E-state index in [2.05, 4.69) is 37.1 Å². The molecule has 3 rings (SSSR count). The van der Waals surface area contributed by atoms with Crippen molar-refractivity contribution in [3.05, 3.63) is 17.6 Å². The second kappa shape index (κ2) is 3.69. The first kappa shape index (κ1) is 11.0. The van der Waals surface area contributed by atoms with E-state index < -0.39 is 0 Å². The van der Waals surface area contributed by atoms with Crippen molar-refractivity contribution >= 4 is 5.82 Å². The van der Waals surface area contributed by atoms with E-state index in [9.17, 15) is 0 Å². The van der Waals surface area contributed by atoms with Crippen molar-refractivity contribution in [1.82, 2.24) is 9.97 Å². The molecule has 3 heteroatoms. The van der Waals surface area contributed by atoms with Crippen LogP contribution in [0.3, 0.4) is 0 Å². The van der Waals surface area contributed by atoms with Gasteiger partial charge in [0.05, 0.1) is 0 Å². The van der Waals surface area contributed by atoms with Crippen molar-refractivity contribution in [2.24, 2.45) is 0 Å². The molecule has 0 atom stereocenters. The van der Waals surface area contributed by atoms with Gasteiger partial charge in [0.1, 0.15) is 11.6 Å². The molecule has 0 aromatic carbocycles.